The molecule has 116 valence electrons. The molecular formula is C13H18F2N4OS. The summed E-state index contributed by atoms with van der Waals surface area (Å²) in [5.74, 6) is 0. The zero-order chi connectivity index (χ0) is 15.8. The third kappa shape index (κ3) is 4.98. The maximum absolute atomic E-state index is 12.5. The summed E-state index contributed by atoms with van der Waals surface area (Å²) in [5.41, 5.74) is 4.50. The van der Waals surface area contributed by atoms with Crippen molar-refractivity contribution in [2.75, 3.05) is 6.54 Å². The number of hydrogen-bond acceptors (Lipinski definition) is 4. The lowest BCUT2D eigenvalue weighted by atomic mass is 10.3. The Morgan fingerprint density at radius 2 is 2.29 bits per heavy atom. The predicted octanol–water partition coefficient (Wildman–Crippen LogP) is 2.32. The molecule has 2 N–H and O–H groups in total. The van der Waals surface area contributed by atoms with E-state index in [-0.39, 0.29) is 18.7 Å². The van der Waals surface area contributed by atoms with Crippen LogP contribution >= 0.6 is 11.8 Å². The molecule has 0 spiro atoms. The minimum Gasteiger partial charge on any atom is -0.327 e. The van der Waals surface area contributed by atoms with Crippen molar-refractivity contribution in [1.29, 1.82) is 0 Å². The molecule has 21 heavy (non-hydrogen) atoms. The highest BCUT2D eigenvalue weighted by Crippen LogP contribution is 2.19. The second kappa shape index (κ2) is 8.58. The van der Waals surface area contributed by atoms with Crippen molar-refractivity contribution in [3.05, 3.63) is 51.4 Å². The molecule has 1 aromatic rings. The molecule has 1 aromatic heterocycles. The predicted molar refractivity (Wildman–Crippen MR) is 80.9 cm³/mol. The number of allylic oxidation sites excluding steroid dienone is 2. The highest BCUT2D eigenvalue weighted by molar-refractivity contribution is 8.05. The molecule has 0 saturated heterocycles. The van der Waals surface area contributed by atoms with E-state index in [9.17, 15) is 13.6 Å². The molecule has 0 radical (unpaired) electrons. The topological polar surface area (TPSA) is 65.8 Å². The molecule has 0 aromatic carbocycles. The Morgan fingerprint density at radius 3 is 2.81 bits per heavy atom. The molecule has 0 saturated carbocycles. The van der Waals surface area contributed by atoms with Gasteiger partial charge in [0.2, 0.25) is 0 Å². The third-order valence-corrected chi connectivity index (χ3v) is 3.72. The Balaban J connectivity index is 2.79. The average molecular weight is 316 g/mol. The van der Waals surface area contributed by atoms with Crippen LogP contribution in [-0.4, -0.2) is 20.9 Å². The van der Waals surface area contributed by atoms with E-state index in [1.165, 1.54) is 22.7 Å². The summed E-state index contributed by atoms with van der Waals surface area (Å²) >= 11 is 1.49. The van der Waals surface area contributed by atoms with Gasteiger partial charge in [-0.2, -0.15) is 13.9 Å². The monoisotopic (exact) mass is 316 g/mol. The van der Waals surface area contributed by atoms with Crippen molar-refractivity contribution < 1.29 is 8.78 Å². The van der Waals surface area contributed by atoms with Gasteiger partial charge in [0.05, 0.1) is 6.54 Å². The Morgan fingerprint density at radius 1 is 1.57 bits per heavy atom. The van der Waals surface area contributed by atoms with E-state index in [4.69, 9.17) is 5.73 Å². The largest absolute Gasteiger partial charge is 0.346 e. The summed E-state index contributed by atoms with van der Waals surface area (Å²) in [6.45, 7) is 5.37. The molecule has 0 aliphatic heterocycles. The van der Waals surface area contributed by atoms with E-state index in [0.29, 0.717) is 13.0 Å². The average Bonchev–Trinajstić information content (AvgIpc) is 2.81. The Hall–Kier alpha value is -1.67. The molecule has 0 unspecified atom stereocenters. The molecule has 0 aliphatic carbocycles. The van der Waals surface area contributed by atoms with E-state index in [0.717, 1.165) is 9.59 Å². The van der Waals surface area contributed by atoms with Gasteiger partial charge in [0.15, 0.2) is 0 Å². The summed E-state index contributed by atoms with van der Waals surface area (Å²) in [6, 6.07) is 0. The number of nitrogens with two attached hydrogens (primary N) is 1. The Kier molecular flexibility index (Phi) is 7.10. The van der Waals surface area contributed by atoms with Gasteiger partial charge in [0.1, 0.15) is 6.33 Å². The second-order valence-corrected chi connectivity index (χ2v) is 5.22. The minimum absolute atomic E-state index is 0.289. The smallest absolute Gasteiger partial charge is 0.327 e. The van der Waals surface area contributed by atoms with Gasteiger partial charge < -0.3 is 5.73 Å². The highest BCUT2D eigenvalue weighted by Gasteiger charge is 2.10. The van der Waals surface area contributed by atoms with Crippen LogP contribution in [0.2, 0.25) is 0 Å². The van der Waals surface area contributed by atoms with Crippen molar-refractivity contribution >= 4 is 11.8 Å². The highest BCUT2D eigenvalue weighted by atomic mass is 32.2. The number of rotatable bonds is 8. The van der Waals surface area contributed by atoms with Gasteiger partial charge in [-0.05, 0) is 23.7 Å². The van der Waals surface area contributed by atoms with Crippen LogP contribution in [0, 0.1) is 0 Å². The SMILES string of the molecule is C=CS/C(=C\C)CCn1cnn(CC(CN)=C(F)F)c1=O. The van der Waals surface area contributed by atoms with E-state index in [2.05, 4.69) is 11.7 Å². The maximum Gasteiger partial charge on any atom is 0.346 e. The molecule has 1 rings (SSSR count). The van der Waals surface area contributed by atoms with Crippen LogP contribution in [0.1, 0.15) is 13.3 Å². The molecule has 0 bridgehead atoms. The summed E-state index contributed by atoms with van der Waals surface area (Å²) < 4.78 is 27.4. The fourth-order valence-corrected chi connectivity index (χ4v) is 2.18. The normalized spacial score (nSPS) is 11.5. The van der Waals surface area contributed by atoms with E-state index < -0.39 is 11.8 Å². The van der Waals surface area contributed by atoms with Crippen molar-refractivity contribution in [1.82, 2.24) is 14.3 Å². The van der Waals surface area contributed by atoms with Crippen LogP contribution in [0.4, 0.5) is 8.78 Å². The van der Waals surface area contributed by atoms with E-state index in [1.807, 2.05) is 13.0 Å². The summed E-state index contributed by atoms with van der Waals surface area (Å²) in [6.07, 6.45) is 2.07. The van der Waals surface area contributed by atoms with Crippen LogP contribution in [-0.2, 0) is 13.1 Å². The molecule has 0 amide bonds. The maximum atomic E-state index is 12.5. The van der Waals surface area contributed by atoms with Gasteiger partial charge in [-0.1, -0.05) is 12.7 Å². The molecule has 5 nitrogen and oxygen atoms in total. The zero-order valence-corrected chi connectivity index (χ0v) is 12.6. The molecule has 0 aliphatic rings. The standard InChI is InChI=1S/C13H18F2N4OS/c1-3-11(21-4-2)5-6-18-9-17-19(13(18)20)8-10(7-16)12(14)15/h3-4,9H,2,5-8,16H2,1H3/b11-3-. The van der Waals surface area contributed by atoms with Gasteiger partial charge in [-0.25, -0.2) is 9.48 Å². The Bertz CT molecular complexity index is 600. The summed E-state index contributed by atoms with van der Waals surface area (Å²) in [4.78, 5) is 13.1. The van der Waals surface area contributed by atoms with Crippen LogP contribution in [0.15, 0.2) is 45.7 Å². The number of aromatic nitrogens is 3. The van der Waals surface area contributed by atoms with Crippen LogP contribution in [0.25, 0.3) is 0 Å². The van der Waals surface area contributed by atoms with E-state index in [1.54, 1.807) is 5.41 Å². The third-order valence-electron chi connectivity index (χ3n) is 2.81. The zero-order valence-electron chi connectivity index (χ0n) is 11.8. The molecule has 0 atom stereocenters. The second-order valence-electron chi connectivity index (χ2n) is 4.12. The van der Waals surface area contributed by atoms with Gasteiger partial charge in [-0.3, -0.25) is 4.57 Å². The quantitative estimate of drug-likeness (QED) is 0.799. The van der Waals surface area contributed by atoms with Crippen LogP contribution in [0.5, 0.6) is 0 Å². The van der Waals surface area contributed by atoms with Gasteiger partial charge >= 0.3 is 5.69 Å². The van der Waals surface area contributed by atoms with Crippen LogP contribution in [0.3, 0.4) is 0 Å². The summed E-state index contributed by atoms with van der Waals surface area (Å²) in [7, 11) is 0. The summed E-state index contributed by atoms with van der Waals surface area (Å²) in [5, 5.41) is 5.55. The van der Waals surface area contributed by atoms with Crippen molar-refractivity contribution in [3.63, 3.8) is 0 Å². The first kappa shape index (κ1) is 17.4. The van der Waals surface area contributed by atoms with Gasteiger partial charge in [0, 0.05) is 18.7 Å². The fourth-order valence-electron chi connectivity index (χ4n) is 1.62. The molecule has 1 heterocycles. The number of thioether (sulfide) groups is 1. The number of halogens is 2. The van der Waals surface area contributed by atoms with Crippen molar-refractivity contribution in [2.24, 2.45) is 5.73 Å². The van der Waals surface area contributed by atoms with Crippen molar-refractivity contribution in [3.8, 4) is 0 Å². The lowest BCUT2D eigenvalue weighted by Gasteiger charge is -2.04. The number of hydrogen-bond donors (Lipinski definition) is 1. The molecular weight excluding hydrogens is 298 g/mol. The van der Waals surface area contributed by atoms with Crippen LogP contribution < -0.4 is 11.4 Å². The number of aryl methyl sites for hydroxylation is 1. The molecule has 0 fully saturated rings. The van der Waals surface area contributed by atoms with Crippen molar-refractivity contribution in [2.45, 2.75) is 26.4 Å². The Labute approximate surface area is 125 Å². The fraction of sp³-hybridized carbons (Fsp3) is 0.385. The molecule has 8 heteroatoms. The van der Waals surface area contributed by atoms with Gasteiger partial charge in [-0.15, -0.1) is 11.8 Å². The minimum atomic E-state index is -1.86. The van der Waals surface area contributed by atoms with Gasteiger partial charge in [0.25, 0.3) is 6.08 Å². The first-order chi connectivity index (χ1) is 10.0. The number of nitrogens with zero attached hydrogens (tertiary/aromatic N) is 3. The first-order valence-electron chi connectivity index (χ1n) is 6.31. The lowest BCUT2D eigenvalue weighted by molar-refractivity contribution is 0.400. The van der Waals surface area contributed by atoms with E-state index >= 15 is 0 Å². The lowest BCUT2D eigenvalue weighted by Crippen LogP contribution is -2.27. The first-order valence-corrected chi connectivity index (χ1v) is 7.19.